The molecule has 8 heteroatoms. The van der Waals surface area contributed by atoms with Crippen molar-refractivity contribution >= 4 is 49.7 Å². The second-order valence-corrected chi connectivity index (χ2v) is 10.7. The summed E-state index contributed by atoms with van der Waals surface area (Å²) in [7, 11) is 0. The molecule has 1 fully saturated rings. The number of urea groups is 1. The Bertz CT molecular complexity index is 1160. The van der Waals surface area contributed by atoms with Gasteiger partial charge in [-0.3, -0.25) is 10.2 Å². The van der Waals surface area contributed by atoms with Gasteiger partial charge in [-0.15, -0.1) is 11.3 Å². The first kappa shape index (κ1) is 24.2. The fourth-order valence-corrected chi connectivity index (χ4v) is 6.27. The molecule has 2 aromatic carbocycles. The van der Waals surface area contributed by atoms with Crippen molar-refractivity contribution in [3.05, 3.63) is 53.1 Å². The molecule has 6 nitrogen and oxygen atoms in total. The highest BCUT2D eigenvalue weighted by Crippen LogP contribution is 2.39. The number of para-hydroxylation sites is 1. The summed E-state index contributed by atoms with van der Waals surface area (Å²) in [6, 6.07) is 14.3. The van der Waals surface area contributed by atoms with Crippen LogP contribution in [0.4, 0.5) is 15.5 Å². The van der Waals surface area contributed by atoms with Crippen molar-refractivity contribution < 1.29 is 9.53 Å². The third-order valence-corrected chi connectivity index (χ3v) is 8.42. The van der Waals surface area contributed by atoms with E-state index in [1.807, 2.05) is 24.3 Å². The number of piperazine rings is 1. The SMILES string of the molecule is O=C(NCCCCN1CCN(c2cccc3c2OCCCC3)CC1)Nc1sc2ccccc2c1Cl. The van der Waals surface area contributed by atoms with E-state index >= 15 is 0 Å². The number of carbonyl (C=O) groups excluding carboxylic acids is 1. The van der Waals surface area contributed by atoms with Crippen molar-refractivity contribution in [2.45, 2.75) is 32.1 Å². The molecule has 5 rings (SSSR count). The number of thiophene rings is 1. The van der Waals surface area contributed by atoms with Gasteiger partial charge in [0.25, 0.3) is 0 Å². The normalized spacial score (nSPS) is 16.4. The lowest BCUT2D eigenvalue weighted by molar-refractivity contribution is 0.246. The highest BCUT2D eigenvalue weighted by atomic mass is 35.5. The molecule has 0 bridgehead atoms. The predicted octanol–water partition coefficient (Wildman–Crippen LogP) is 5.99. The van der Waals surface area contributed by atoms with Gasteiger partial charge in [0, 0.05) is 42.8 Å². The summed E-state index contributed by atoms with van der Waals surface area (Å²) in [5.41, 5.74) is 2.62. The molecular weight excluding hydrogens is 480 g/mol. The number of carbonyl (C=O) groups is 1. The standard InChI is InChI=1S/C27H33ClN4O2S/c28-24-21-10-1-2-12-23(21)35-26(24)30-27(33)29-13-4-5-14-31-15-17-32(18-16-31)22-11-7-9-20-8-3-6-19-34-25(20)22/h1-2,7,9-12H,3-6,8,13-19H2,(H2,29,30,33). The van der Waals surface area contributed by atoms with Crippen molar-refractivity contribution in [3.8, 4) is 5.75 Å². The molecule has 2 N–H and O–H groups in total. The molecular formula is C27H33ClN4O2S. The maximum atomic E-state index is 12.3. The third kappa shape index (κ3) is 5.85. The lowest BCUT2D eigenvalue weighted by Gasteiger charge is -2.37. The molecule has 1 saturated heterocycles. The average Bonchev–Trinajstić information content (AvgIpc) is 3.04. The summed E-state index contributed by atoms with van der Waals surface area (Å²) < 4.78 is 7.20. The highest BCUT2D eigenvalue weighted by molar-refractivity contribution is 7.23. The fourth-order valence-electron chi connectivity index (χ4n) is 4.89. The van der Waals surface area contributed by atoms with E-state index in [-0.39, 0.29) is 6.03 Å². The maximum Gasteiger partial charge on any atom is 0.319 e. The highest BCUT2D eigenvalue weighted by Gasteiger charge is 2.22. The van der Waals surface area contributed by atoms with E-state index in [0.29, 0.717) is 16.6 Å². The largest absolute Gasteiger partial charge is 0.491 e. The lowest BCUT2D eigenvalue weighted by atomic mass is 10.1. The van der Waals surface area contributed by atoms with Crippen LogP contribution in [0.3, 0.4) is 0 Å². The fraction of sp³-hybridized carbons (Fsp3) is 0.444. The van der Waals surface area contributed by atoms with Gasteiger partial charge in [0.1, 0.15) is 10.8 Å². The van der Waals surface area contributed by atoms with Gasteiger partial charge < -0.3 is 15.0 Å². The zero-order valence-electron chi connectivity index (χ0n) is 20.0. The molecule has 3 aromatic rings. The molecule has 2 amide bonds. The molecule has 3 heterocycles. The molecule has 2 aliphatic rings. The number of unbranched alkanes of at least 4 members (excludes halogenated alkanes) is 1. The number of nitrogens with one attached hydrogen (secondary N) is 2. The second kappa shape index (κ2) is 11.5. The number of benzene rings is 2. The van der Waals surface area contributed by atoms with E-state index < -0.39 is 0 Å². The molecule has 0 saturated carbocycles. The number of halogens is 1. The van der Waals surface area contributed by atoms with Crippen LogP contribution in [0.1, 0.15) is 31.2 Å². The van der Waals surface area contributed by atoms with E-state index in [0.717, 1.165) is 80.8 Å². The Hall–Kier alpha value is -2.48. The predicted molar refractivity (Wildman–Crippen MR) is 147 cm³/mol. The summed E-state index contributed by atoms with van der Waals surface area (Å²) in [6.07, 6.45) is 5.48. The molecule has 1 aromatic heterocycles. The number of amides is 2. The van der Waals surface area contributed by atoms with Crippen LogP contribution in [-0.2, 0) is 6.42 Å². The van der Waals surface area contributed by atoms with Gasteiger partial charge in [-0.2, -0.15) is 0 Å². The first-order valence-corrected chi connectivity index (χ1v) is 13.8. The zero-order chi connectivity index (χ0) is 24.0. The van der Waals surface area contributed by atoms with Gasteiger partial charge in [-0.25, -0.2) is 4.79 Å². The molecule has 0 spiro atoms. The number of hydrogen-bond donors (Lipinski definition) is 2. The maximum absolute atomic E-state index is 12.3. The summed E-state index contributed by atoms with van der Waals surface area (Å²) in [5.74, 6) is 1.11. The minimum absolute atomic E-state index is 0.198. The first-order chi connectivity index (χ1) is 17.2. The molecule has 186 valence electrons. The van der Waals surface area contributed by atoms with Gasteiger partial charge in [0.15, 0.2) is 0 Å². The Balaban J connectivity index is 1.01. The number of anilines is 2. The van der Waals surface area contributed by atoms with Crippen molar-refractivity contribution in [3.63, 3.8) is 0 Å². The van der Waals surface area contributed by atoms with E-state index in [1.54, 1.807) is 0 Å². The number of ether oxygens (including phenoxy) is 1. The summed E-state index contributed by atoms with van der Waals surface area (Å²) in [4.78, 5) is 17.3. The van der Waals surface area contributed by atoms with Crippen molar-refractivity contribution in [1.29, 1.82) is 0 Å². The van der Waals surface area contributed by atoms with Gasteiger partial charge >= 0.3 is 6.03 Å². The molecule has 0 radical (unpaired) electrons. The molecule has 0 aliphatic carbocycles. The Morgan fingerprint density at radius 3 is 2.74 bits per heavy atom. The Labute approximate surface area is 216 Å². The van der Waals surface area contributed by atoms with Crippen LogP contribution in [0.2, 0.25) is 5.02 Å². The van der Waals surface area contributed by atoms with Crippen LogP contribution in [-0.4, -0.2) is 56.8 Å². The van der Waals surface area contributed by atoms with Gasteiger partial charge in [0.05, 0.1) is 17.3 Å². The van der Waals surface area contributed by atoms with Crippen LogP contribution < -0.4 is 20.3 Å². The third-order valence-electron chi connectivity index (χ3n) is 6.82. The van der Waals surface area contributed by atoms with Crippen LogP contribution in [0.25, 0.3) is 10.1 Å². The number of aryl methyl sites for hydroxylation is 1. The summed E-state index contributed by atoms with van der Waals surface area (Å²) in [6.45, 7) is 6.70. The van der Waals surface area contributed by atoms with E-state index in [1.165, 1.54) is 29.0 Å². The topological polar surface area (TPSA) is 56.8 Å². The van der Waals surface area contributed by atoms with E-state index in [9.17, 15) is 4.79 Å². The number of hydrogen-bond acceptors (Lipinski definition) is 5. The van der Waals surface area contributed by atoms with Crippen LogP contribution in [0.15, 0.2) is 42.5 Å². The van der Waals surface area contributed by atoms with Gasteiger partial charge in [-0.1, -0.05) is 41.9 Å². The van der Waals surface area contributed by atoms with Crippen LogP contribution >= 0.6 is 22.9 Å². The minimum Gasteiger partial charge on any atom is -0.491 e. The van der Waals surface area contributed by atoms with Crippen molar-refractivity contribution in [2.24, 2.45) is 0 Å². The molecule has 0 atom stereocenters. The number of rotatable bonds is 7. The Morgan fingerprint density at radius 2 is 1.89 bits per heavy atom. The lowest BCUT2D eigenvalue weighted by Crippen LogP contribution is -2.46. The Kier molecular flexibility index (Phi) is 7.96. The summed E-state index contributed by atoms with van der Waals surface area (Å²) in [5, 5.41) is 8.14. The number of fused-ring (bicyclic) bond motifs is 2. The van der Waals surface area contributed by atoms with Crippen LogP contribution in [0.5, 0.6) is 5.75 Å². The van der Waals surface area contributed by atoms with Crippen LogP contribution in [0, 0.1) is 0 Å². The minimum atomic E-state index is -0.198. The van der Waals surface area contributed by atoms with Gasteiger partial charge in [-0.05, 0) is 56.3 Å². The Morgan fingerprint density at radius 1 is 1.03 bits per heavy atom. The quantitative estimate of drug-likeness (QED) is 0.381. The molecule has 35 heavy (non-hydrogen) atoms. The van der Waals surface area contributed by atoms with E-state index in [4.69, 9.17) is 16.3 Å². The first-order valence-electron chi connectivity index (χ1n) is 12.6. The summed E-state index contributed by atoms with van der Waals surface area (Å²) >= 11 is 7.91. The molecule has 0 unspecified atom stereocenters. The van der Waals surface area contributed by atoms with Gasteiger partial charge in [0.2, 0.25) is 0 Å². The smallest absolute Gasteiger partial charge is 0.319 e. The monoisotopic (exact) mass is 512 g/mol. The average molecular weight is 513 g/mol. The van der Waals surface area contributed by atoms with Crippen molar-refractivity contribution in [2.75, 3.05) is 56.1 Å². The second-order valence-electron chi connectivity index (χ2n) is 9.23. The zero-order valence-corrected chi connectivity index (χ0v) is 21.6. The number of nitrogens with zero attached hydrogens (tertiary/aromatic N) is 2. The van der Waals surface area contributed by atoms with E-state index in [2.05, 4.69) is 38.6 Å². The molecule has 2 aliphatic heterocycles. The van der Waals surface area contributed by atoms with Crippen molar-refractivity contribution in [1.82, 2.24) is 10.2 Å².